The molecule has 0 bridgehead atoms. The zero-order chi connectivity index (χ0) is 11.3. The Labute approximate surface area is 105 Å². The number of hydrogen-bond donors (Lipinski definition) is 1. The first-order chi connectivity index (χ1) is 7.17. The average molecular weight is 295 g/mol. The average Bonchev–Trinajstić information content (AvgIpc) is 2.55. The van der Waals surface area contributed by atoms with Crippen LogP contribution in [0.3, 0.4) is 0 Å². The van der Waals surface area contributed by atoms with Gasteiger partial charge in [-0.3, -0.25) is 4.99 Å². The van der Waals surface area contributed by atoms with Crippen molar-refractivity contribution >= 4 is 32.9 Å². The normalized spacial score (nSPS) is 27.6. The number of hydrogen-bond acceptors (Lipinski definition) is 4. The molecule has 1 rings (SSSR count). The van der Waals surface area contributed by atoms with Gasteiger partial charge >= 0.3 is 0 Å². The van der Waals surface area contributed by atoms with Gasteiger partial charge < -0.3 is 10.1 Å². The summed E-state index contributed by atoms with van der Waals surface area (Å²) in [5.41, 5.74) is 0. The van der Waals surface area contributed by atoms with Gasteiger partial charge in [0.2, 0.25) is 0 Å². The smallest absolute Gasteiger partial charge is 0.157 e. The third-order valence-electron chi connectivity index (χ3n) is 2.40. The fourth-order valence-corrected chi connectivity index (χ4v) is 3.39. The van der Waals surface area contributed by atoms with Crippen LogP contribution in [0.25, 0.3) is 0 Å². The number of nitrogens with one attached hydrogen (secondary N) is 1. The van der Waals surface area contributed by atoms with E-state index >= 15 is 0 Å². The zero-order valence-electron chi connectivity index (χ0n) is 9.50. The van der Waals surface area contributed by atoms with Crippen molar-refractivity contribution in [2.75, 3.05) is 19.0 Å². The molecule has 0 saturated carbocycles. The van der Waals surface area contributed by atoms with Crippen molar-refractivity contribution < 1.29 is 4.74 Å². The highest BCUT2D eigenvalue weighted by molar-refractivity contribution is 9.09. The number of thioether (sulfide) groups is 1. The molecule has 0 aromatic carbocycles. The number of methoxy groups -OCH3 is 1. The lowest BCUT2D eigenvalue weighted by Gasteiger charge is -2.14. The molecular weight excluding hydrogens is 276 g/mol. The van der Waals surface area contributed by atoms with Crippen molar-refractivity contribution in [2.45, 2.75) is 37.6 Å². The maximum Gasteiger partial charge on any atom is 0.157 e. The summed E-state index contributed by atoms with van der Waals surface area (Å²) in [4.78, 5) is 4.59. The summed E-state index contributed by atoms with van der Waals surface area (Å²) in [5, 5.41) is 6.07. The van der Waals surface area contributed by atoms with Gasteiger partial charge in [0.25, 0.3) is 0 Å². The van der Waals surface area contributed by atoms with E-state index < -0.39 is 0 Å². The second kappa shape index (κ2) is 6.76. The number of alkyl halides is 1. The quantitative estimate of drug-likeness (QED) is 0.790. The van der Waals surface area contributed by atoms with E-state index in [9.17, 15) is 0 Å². The molecule has 0 amide bonds. The number of amidine groups is 1. The lowest BCUT2D eigenvalue weighted by molar-refractivity contribution is 0.187. The van der Waals surface area contributed by atoms with Crippen molar-refractivity contribution in [3.8, 4) is 0 Å². The summed E-state index contributed by atoms with van der Waals surface area (Å²) in [6.45, 7) is 5.12. The van der Waals surface area contributed by atoms with Gasteiger partial charge in [-0.2, -0.15) is 0 Å². The van der Waals surface area contributed by atoms with Crippen molar-refractivity contribution in [2.24, 2.45) is 4.99 Å². The molecule has 1 N–H and O–H groups in total. The van der Waals surface area contributed by atoms with E-state index in [0.29, 0.717) is 17.3 Å². The van der Waals surface area contributed by atoms with Gasteiger partial charge in [-0.25, -0.2) is 0 Å². The molecule has 0 radical (unpaired) electrons. The highest BCUT2D eigenvalue weighted by Gasteiger charge is 2.26. The molecular formula is C10H19BrN2OS. The van der Waals surface area contributed by atoms with Gasteiger partial charge in [0.1, 0.15) is 0 Å². The Morgan fingerprint density at radius 1 is 1.67 bits per heavy atom. The van der Waals surface area contributed by atoms with E-state index in [1.807, 2.05) is 11.8 Å². The van der Waals surface area contributed by atoms with Crippen LogP contribution in [0.4, 0.5) is 0 Å². The van der Waals surface area contributed by atoms with Gasteiger partial charge in [-0.15, -0.1) is 0 Å². The predicted octanol–water partition coefficient (Wildman–Crippen LogP) is 2.26. The maximum absolute atomic E-state index is 5.05. The van der Waals surface area contributed by atoms with Crippen LogP contribution < -0.4 is 5.32 Å². The summed E-state index contributed by atoms with van der Waals surface area (Å²) < 4.78 is 5.05. The van der Waals surface area contributed by atoms with Crippen LogP contribution in [0.5, 0.6) is 0 Å². The van der Waals surface area contributed by atoms with E-state index in [2.05, 4.69) is 40.1 Å². The van der Waals surface area contributed by atoms with Crippen LogP contribution >= 0.6 is 27.7 Å². The molecule has 3 nitrogen and oxygen atoms in total. The number of rotatable bonds is 5. The van der Waals surface area contributed by atoms with E-state index in [4.69, 9.17) is 4.74 Å². The molecule has 0 spiro atoms. The molecule has 3 atom stereocenters. The number of aliphatic imine (C=N–C) groups is 1. The Balaban J connectivity index is 2.30. The third kappa shape index (κ3) is 4.33. The Hall–Kier alpha value is 0.260. The Morgan fingerprint density at radius 2 is 2.40 bits per heavy atom. The SMILES string of the molecule is COCCC(C)NC1=NC(C)C(CBr)S1. The van der Waals surface area contributed by atoms with Gasteiger partial charge in [0, 0.05) is 30.3 Å². The monoisotopic (exact) mass is 294 g/mol. The summed E-state index contributed by atoms with van der Waals surface area (Å²) in [6, 6.07) is 0.837. The van der Waals surface area contributed by atoms with E-state index in [1.54, 1.807) is 7.11 Å². The fraction of sp³-hybridized carbons (Fsp3) is 0.900. The molecule has 0 aromatic heterocycles. The molecule has 1 aliphatic rings. The van der Waals surface area contributed by atoms with E-state index in [0.717, 1.165) is 23.5 Å². The molecule has 0 aliphatic carbocycles. The number of ether oxygens (including phenoxy) is 1. The standard InChI is InChI=1S/C10H19BrN2OS/c1-7(4-5-14-3)12-10-13-8(2)9(6-11)15-10/h7-9H,4-6H2,1-3H3,(H,12,13). The lowest BCUT2D eigenvalue weighted by Crippen LogP contribution is -2.31. The van der Waals surface area contributed by atoms with Crippen LogP contribution in [0.2, 0.25) is 0 Å². The molecule has 15 heavy (non-hydrogen) atoms. The molecule has 1 heterocycles. The molecule has 88 valence electrons. The molecule has 0 aromatic rings. The summed E-state index contributed by atoms with van der Waals surface area (Å²) in [7, 11) is 1.73. The van der Waals surface area contributed by atoms with Gasteiger partial charge in [-0.05, 0) is 20.3 Å². The number of halogens is 1. The van der Waals surface area contributed by atoms with Crippen LogP contribution in [0.15, 0.2) is 4.99 Å². The van der Waals surface area contributed by atoms with Crippen molar-refractivity contribution in [3.05, 3.63) is 0 Å². The zero-order valence-corrected chi connectivity index (χ0v) is 11.9. The van der Waals surface area contributed by atoms with Crippen molar-refractivity contribution in [1.29, 1.82) is 0 Å². The Kier molecular flexibility index (Phi) is 6.00. The minimum atomic E-state index is 0.409. The largest absolute Gasteiger partial charge is 0.385 e. The third-order valence-corrected chi connectivity index (χ3v) is 4.83. The van der Waals surface area contributed by atoms with Gasteiger partial charge in [-0.1, -0.05) is 27.7 Å². The van der Waals surface area contributed by atoms with E-state index in [-0.39, 0.29) is 0 Å². The number of nitrogens with zero attached hydrogens (tertiary/aromatic N) is 1. The summed E-state index contributed by atoms with van der Waals surface area (Å²) in [5.74, 6) is 0. The summed E-state index contributed by atoms with van der Waals surface area (Å²) in [6.07, 6.45) is 1.02. The topological polar surface area (TPSA) is 33.6 Å². The molecule has 5 heteroatoms. The van der Waals surface area contributed by atoms with Crippen molar-refractivity contribution in [3.63, 3.8) is 0 Å². The van der Waals surface area contributed by atoms with Crippen molar-refractivity contribution in [1.82, 2.24) is 5.32 Å². The highest BCUT2D eigenvalue weighted by atomic mass is 79.9. The van der Waals surface area contributed by atoms with Gasteiger partial charge in [0.15, 0.2) is 5.17 Å². The predicted molar refractivity (Wildman–Crippen MR) is 71.2 cm³/mol. The first kappa shape index (κ1) is 13.3. The second-order valence-corrected chi connectivity index (χ2v) is 5.69. The first-order valence-corrected chi connectivity index (χ1v) is 7.23. The molecule has 1 aliphatic heterocycles. The molecule has 0 fully saturated rings. The van der Waals surface area contributed by atoms with Crippen LogP contribution in [-0.4, -0.2) is 41.5 Å². The fourth-order valence-electron chi connectivity index (χ4n) is 1.35. The van der Waals surface area contributed by atoms with Crippen LogP contribution in [0, 0.1) is 0 Å². The molecule has 0 saturated heterocycles. The highest BCUT2D eigenvalue weighted by Crippen LogP contribution is 2.27. The minimum absolute atomic E-state index is 0.409. The first-order valence-electron chi connectivity index (χ1n) is 5.23. The Morgan fingerprint density at radius 3 is 2.93 bits per heavy atom. The van der Waals surface area contributed by atoms with Crippen LogP contribution in [-0.2, 0) is 4.74 Å². The Bertz CT molecular complexity index is 225. The van der Waals surface area contributed by atoms with E-state index in [1.165, 1.54) is 0 Å². The maximum atomic E-state index is 5.05. The summed E-state index contributed by atoms with van der Waals surface area (Å²) >= 11 is 5.34. The van der Waals surface area contributed by atoms with Gasteiger partial charge in [0.05, 0.1) is 6.04 Å². The molecule has 3 unspecified atom stereocenters. The second-order valence-electron chi connectivity index (χ2n) is 3.81. The minimum Gasteiger partial charge on any atom is -0.385 e. The van der Waals surface area contributed by atoms with Crippen LogP contribution in [0.1, 0.15) is 20.3 Å². The lowest BCUT2D eigenvalue weighted by atomic mass is 10.2.